The molecule has 0 atom stereocenters. The zero-order chi connectivity index (χ0) is 19.2. The van der Waals surface area contributed by atoms with Gasteiger partial charge in [-0.1, -0.05) is 17.7 Å². The summed E-state index contributed by atoms with van der Waals surface area (Å²) >= 11 is 6.04. The Labute approximate surface area is 161 Å². The second-order valence-electron chi connectivity index (χ2n) is 5.90. The van der Waals surface area contributed by atoms with E-state index in [9.17, 15) is 4.79 Å². The maximum absolute atomic E-state index is 12.0. The number of nitrogens with zero attached hydrogens (tertiary/aromatic N) is 4. The molecule has 140 valence electrons. The van der Waals surface area contributed by atoms with Crippen LogP contribution in [0.2, 0.25) is 5.02 Å². The summed E-state index contributed by atoms with van der Waals surface area (Å²) in [6, 6.07) is 10.6. The fourth-order valence-electron chi connectivity index (χ4n) is 2.36. The molecule has 0 aliphatic rings. The zero-order valence-electron chi connectivity index (χ0n) is 15.0. The summed E-state index contributed by atoms with van der Waals surface area (Å²) < 4.78 is 1.66. The van der Waals surface area contributed by atoms with Crippen molar-refractivity contribution in [2.24, 2.45) is 0 Å². The summed E-state index contributed by atoms with van der Waals surface area (Å²) in [5.74, 6) is 1.26. The quantitative estimate of drug-likeness (QED) is 0.566. The van der Waals surface area contributed by atoms with Crippen molar-refractivity contribution >= 4 is 29.1 Å². The Morgan fingerprint density at radius 1 is 1.11 bits per heavy atom. The third-order valence-electron chi connectivity index (χ3n) is 3.84. The Bertz CT molecular complexity index is 924. The van der Waals surface area contributed by atoms with Gasteiger partial charge in [0.05, 0.1) is 5.69 Å². The first-order valence-corrected chi connectivity index (χ1v) is 8.81. The number of hydrogen-bond donors (Lipinski definition) is 3. The highest BCUT2D eigenvalue weighted by Crippen LogP contribution is 2.22. The molecule has 0 bridgehead atoms. The van der Waals surface area contributed by atoms with Crippen molar-refractivity contribution in [2.45, 2.75) is 13.8 Å². The number of hydrogen-bond acceptors (Lipinski definition) is 5. The SMILES string of the molecule is Cc1ccn(-c2ccc(NCCNC(=O)Nc3cccc(Cl)c3C)nn2)n1. The lowest BCUT2D eigenvalue weighted by Gasteiger charge is -2.11. The molecule has 3 N–H and O–H groups in total. The molecule has 0 fully saturated rings. The molecule has 0 radical (unpaired) electrons. The van der Waals surface area contributed by atoms with E-state index >= 15 is 0 Å². The molecule has 1 aromatic carbocycles. The Morgan fingerprint density at radius 2 is 1.96 bits per heavy atom. The van der Waals surface area contributed by atoms with E-state index in [1.54, 1.807) is 22.9 Å². The molecule has 0 unspecified atom stereocenters. The normalized spacial score (nSPS) is 10.5. The van der Waals surface area contributed by atoms with Crippen LogP contribution in [0, 0.1) is 13.8 Å². The molecule has 0 saturated carbocycles. The predicted octanol–water partition coefficient (Wildman–Crippen LogP) is 3.17. The lowest BCUT2D eigenvalue weighted by molar-refractivity contribution is 0.252. The number of rotatable bonds is 6. The van der Waals surface area contributed by atoms with Crippen molar-refractivity contribution in [3.8, 4) is 5.82 Å². The second-order valence-corrected chi connectivity index (χ2v) is 6.31. The van der Waals surface area contributed by atoms with Gasteiger partial charge in [-0.2, -0.15) is 5.10 Å². The molecule has 8 nitrogen and oxygen atoms in total. The molecule has 0 spiro atoms. The molecule has 3 rings (SSSR count). The molecule has 2 amide bonds. The highest BCUT2D eigenvalue weighted by Gasteiger charge is 2.06. The maximum Gasteiger partial charge on any atom is 0.319 e. The van der Waals surface area contributed by atoms with Crippen molar-refractivity contribution < 1.29 is 4.79 Å². The fourth-order valence-corrected chi connectivity index (χ4v) is 2.53. The van der Waals surface area contributed by atoms with E-state index in [0.29, 0.717) is 35.4 Å². The number of benzene rings is 1. The van der Waals surface area contributed by atoms with E-state index in [1.807, 2.05) is 38.2 Å². The number of anilines is 2. The highest BCUT2D eigenvalue weighted by atomic mass is 35.5. The van der Waals surface area contributed by atoms with E-state index in [4.69, 9.17) is 11.6 Å². The van der Waals surface area contributed by atoms with Crippen LogP contribution < -0.4 is 16.0 Å². The summed E-state index contributed by atoms with van der Waals surface area (Å²) in [7, 11) is 0. The average molecular weight is 386 g/mol. The van der Waals surface area contributed by atoms with Crippen LogP contribution in [0.3, 0.4) is 0 Å². The van der Waals surface area contributed by atoms with Crippen molar-refractivity contribution in [3.05, 3.63) is 58.9 Å². The fraction of sp³-hybridized carbons (Fsp3) is 0.222. The first-order valence-electron chi connectivity index (χ1n) is 8.43. The van der Waals surface area contributed by atoms with E-state index in [-0.39, 0.29) is 6.03 Å². The van der Waals surface area contributed by atoms with Gasteiger partial charge in [-0.3, -0.25) is 0 Å². The summed E-state index contributed by atoms with van der Waals surface area (Å²) in [6.07, 6.45) is 1.83. The predicted molar refractivity (Wildman–Crippen MR) is 106 cm³/mol. The number of carbonyl (C=O) groups is 1. The second kappa shape index (κ2) is 8.50. The number of aromatic nitrogens is 4. The topological polar surface area (TPSA) is 96.8 Å². The average Bonchev–Trinajstić information content (AvgIpc) is 3.09. The van der Waals surface area contributed by atoms with Crippen molar-refractivity contribution in [1.82, 2.24) is 25.3 Å². The Morgan fingerprint density at radius 3 is 2.67 bits per heavy atom. The van der Waals surface area contributed by atoms with Crippen LogP contribution in [0.15, 0.2) is 42.6 Å². The van der Waals surface area contributed by atoms with Gasteiger partial charge in [0.1, 0.15) is 5.82 Å². The lowest BCUT2D eigenvalue weighted by atomic mass is 10.2. The molecule has 2 aromatic heterocycles. The Balaban J connectivity index is 1.43. The number of urea groups is 1. The molecule has 27 heavy (non-hydrogen) atoms. The van der Waals surface area contributed by atoms with Gasteiger partial charge in [0, 0.05) is 30.0 Å². The van der Waals surface area contributed by atoms with Crippen molar-refractivity contribution in [3.63, 3.8) is 0 Å². The smallest absolute Gasteiger partial charge is 0.319 e. The van der Waals surface area contributed by atoms with E-state index in [0.717, 1.165) is 11.3 Å². The van der Waals surface area contributed by atoms with Crippen LogP contribution in [-0.2, 0) is 0 Å². The first kappa shape index (κ1) is 18.7. The summed E-state index contributed by atoms with van der Waals surface area (Å²) in [6.45, 7) is 4.70. The van der Waals surface area contributed by atoms with Crippen LogP contribution in [0.1, 0.15) is 11.3 Å². The van der Waals surface area contributed by atoms with Gasteiger partial charge in [-0.15, -0.1) is 10.2 Å². The first-order chi connectivity index (χ1) is 13.0. The number of carbonyl (C=O) groups excluding carboxylic acids is 1. The molecule has 2 heterocycles. The molecular weight excluding hydrogens is 366 g/mol. The largest absolute Gasteiger partial charge is 0.367 e. The van der Waals surface area contributed by atoms with Gasteiger partial charge in [-0.25, -0.2) is 9.48 Å². The number of aryl methyl sites for hydroxylation is 1. The third kappa shape index (κ3) is 4.95. The van der Waals surface area contributed by atoms with Crippen molar-refractivity contribution in [1.29, 1.82) is 0 Å². The minimum Gasteiger partial charge on any atom is -0.367 e. The minimum atomic E-state index is -0.294. The Hall–Kier alpha value is -3.13. The van der Waals surface area contributed by atoms with Crippen LogP contribution in [0.25, 0.3) is 5.82 Å². The number of amides is 2. The molecule has 0 aliphatic heterocycles. The minimum absolute atomic E-state index is 0.294. The molecule has 9 heteroatoms. The van der Waals surface area contributed by atoms with Gasteiger partial charge in [0.15, 0.2) is 5.82 Å². The third-order valence-corrected chi connectivity index (χ3v) is 4.25. The monoisotopic (exact) mass is 385 g/mol. The lowest BCUT2D eigenvalue weighted by Crippen LogP contribution is -2.33. The maximum atomic E-state index is 12.0. The van der Waals surface area contributed by atoms with Crippen LogP contribution in [0.5, 0.6) is 0 Å². The summed E-state index contributed by atoms with van der Waals surface area (Å²) in [5, 5.41) is 21.8. The van der Waals surface area contributed by atoms with Crippen LogP contribution in [-0.4, -0.2) is 39.1 Å². The summed E-state index contributed by atoms with van der Waals surface area (Å²) in [4.78, 5) is 12.0. The van der Waals surface area contributed by atoms with Crippen molar-refractivity contribution in [2.75, 3.05) is 23.7 Å². The van der Waals surface area contributed by atoms with Gasteiger partial charge < -0.3 is 16.0 Å². The summed E-state index contributed by atoms with van der Waals surface area (Å²) in [5.41, 5.74) is 2.43. The number of nitrogens with one attached hydrogen (secondary N) is 3. The van der Waals surface area contributed by atoms with Crippen LogP contribution >= 0.6 is 11.6 Å². The molecule has 0 saturated heterocycles. The Kier molecular flexibility index (Phi) is 5.87. The molecule has 0 aliphatic carbocycles. The van der Waals surface area contributed by atoms with Gasteiger partial charge in [-0.05, 0) is 49.7 Å². The molecule has 3 aromatic rings. The van der Waals surface area contributed by atoms with E-state index in [2.05, 4.69) is 31.2 Å². The van der Waals surface area contributed by atoms with Crippen LogP contribution in [0.4, 0.5) is 16.3 Å². The standard InChI is InChI=1S/C18H20ClN7O/c1-12-8-11-26(25-12)17-7-6-16(23-24-17)20-9-10-21-18(27)22-15-5-3-4-14(19)13(15)2/h3-8,11H,9-10H2,1-2H3,(H,20,23)(H2,21,22,27). The van der Waals surface area contributed by atoms with Gasteiger partial charge in [0.2, 0.25) is 0 Å². The van der Waals surface area contributed by atoms with E-state index in [1.165, 1.54) is 0 Å². The number of halogens is 1. The molecular formula is C18H20ClN7O. The van der Waals surface area contributed by atoms with Gasteiger partial charge >= 0.3 is 6.03 Å². The van der Waals surface area contributed by atoms with Gasteiger partial charge in [0.25, 0.3) is 0 Å². The zero-order valence-corrected chi connectivity index (χ0v) is 15.8. The highest BCUT2D eigenvalue weighted by molar-refractivity contribution is 6.31. The van der Waals surface area contributed by atoms with E-state index < -0.39 is 0 Å².